The molecule has 2 aromatic rings. The Balaban J connectivity index is 2.20. The number of nitrogens with zero attached hydrogens (tertiary/aromatic N) is 1. The molecule has 4 N–H and O–H groups in total. The molecule has 0 aliphatic carbocycles. The molecule has 146 valence electrons. The number of sulfonamides is 1. The maximum atomic E-state index is 12.6. The number of aryl methyl sites for hydroxylation is 1. The van der Waals surface area contributed by atoms with Gasteiger partial charge in [-0.15, -0.1) is 0 Å². The third-order valence-corrected chi connectivity index (χ3v) is 4.89. The number of aromatic nitrogens is 1. The maximum Gasteiger partial charge on any atom is 0.319 e. The van der Waals surface area contributed by atoms with Gasteiger partial charge in [-0.05, 0) is 38.1 Å². The van der Waals surface area contributed by atoms with Crippen LogP contribution in [-0.2, 0) is 17.1 Å². The van der Waals surface area contributed by atoms with E-state index in [0.717, 1.165) is 0 Å². The summed E-state index contributed by atoms with van der Waals surface area (Å²) in [5.41, 5.74) is 0.939. The first-order valence-corrected chi connectivity index (χ1v) is 9.69. The first kappa shape index (κ1) is 20.3. The van der Waals surface area contributed by atoms with Crippen molar-refractivity contribution < 1.29 is 18.0 Å². The lowest BCUT2D eigenvalue weighted by atomic mass is 10.3. The topological polar surface area (TPSA) is 121 Å². The normalized spacial score (nSPS) is 11.1. The fourth-order valence-corrected chi connectivity index (χ4v) is 3.46. The van der Waals surface area contributed by atoms with Gasteiger partial charge in [0.1, 0.15) is 10.6 Å². The number of hydrogen-bond donors (Lipinski definition) is 4. The van der Waals surface area contributed by atoms with Gasteiger partial charge in [0.25, 0.3) is 15.9 Å². The second-order valence-corrected chi connectivity index (χ2v) is 7.87. The Morgan fingerprint density at radius 2 is 1.78 bits per heavy atom. The van der Waals surface area contributed by atoms with E-state index in [4.69, 9.17) is 0 Å². The van der Waals surface area contributed by atoms with Crippen molar-refractivity contribution in [2.75, 3.05) is 17.1 Å². The third-order valence-electron chi connectivity index (χ3n) is 3.54. The third kappa shape index (κ3) is 5.23. The van der Waals surface area contributed by atoms with E-state index in [-0.39, 0.29) is 34.3 Å². The van der Waals surface area contributed by atoms with Crippen molar-refractivity contribution in [2.45, 2.75) is 24.8 Å². The number of carbonyl (C=O) groups is 2. The summed E-state index contributed by atoms with van der Waals surface area (Å²) in [5, 5.41) is 7.77. The zero-order valence-corrected chi connectivity index (χ0v) is 16.3. The molecule has 10 heteroatoms. The Labute approximate surface area is 158 Å². The van der Waals surface area contributed by atoms with Crippen LogP contribution in [0.2, 0.25) is 0 Å². The molecule has 9 nitrogen and oxygen atoms in total. The van der Waals surface area contributed by atoms with Crippen LogP contribution in [0.1, 0.15) is 24.3 Å². The molecule has 0 saturated carbocycles. The highest BCUT2D eigenvalue weighted by Gasteiger charge is 2.20. The summed E-state index contributed by atoms with van der Waals surface area (Å²) in [5.74, 6) is -0.388. The standard InChI is InChI=1S/C17H23N5O4S/c1-11(2)19-17(24)20-12-6-5-7-13(8-12)21-27(25,26)14-9-15(16(23)18-3)22(4)10-14/h5-11,21H,1-4H3,(H,18,23)(H2,19,20,24). The van der Waals surface area contributed by atoms with Crippen LogP contribution in [0.3, 0.4) is 0 Å². The number of nitrogens with one attached hydrogen (secondary N) is 4. The molecule has 3 amide bonds. The molecule has 0 atom stereocenters. The highest BCUT2D eigenvalue weighted by atomic mass is 32.2. The van der Waals surface area contributed by atoms with Gasteiger partial charge in [-0.2, -0.15) is 0 Å². The number of carbonyl (C=O) groups excluding carboxylic acids is 2. The minimum atomic E-state index is -3.90. The van der Waals surface area contributed by atoms with E-state index >= 15 is 0 Å². The van der Waals surface area contributed by atoms with Crippen molar-refractivity contribution in [1.82, 2.24) is 15.2 Å². The molecule has 1 aromatic heterocycles. The average Bonchev–Trinajstić information content (AvgIpc) is 2.96. The van der Waals surface area contributed by atoms with Crippen molar-refractivity contribution in [3.8, 4) is 0 Å². The number of hydrogen-bond acceptors (Lipinski definition) is 4. The lowest BCUT2D eigenvalue weighted by Crippen LogP contribution is -2.34. The fraction of sp³-hybridized carbons (Fsp3) is 0.294. The van der Waals surface area contributed by atoms with Gasteiger partial charge in [0.05, 0.1) is 5.69 Å². The first-order chi connectivity index (χ1) is 12.6. The van der Waals surface area contributed by atoms with Crippen molar-refractivity contribution >= 4 is 33.3 Å². The molecule has 0 saturated heterocycles. The van der Waals surface area contributed by atoms with E-state index in [1.54, 1.807) is 25.2 Å². The molecule has 0 spiro atoms. The van der Waals surface area contributed by atoms with E-state index in [0.29, 0.717) is 5.69 Å². The van der Waals surface area contributed by atoms with Crippen LogP contribution in [0.15, 0.2) is 41.4 Å². The Hall–Kier alpha value is -3.01. The van der Waals surface area contributed by atoms with E-state index in [1.807, 2.05) is 13.8 Å². The van der Waals surface area contributed by atoms with Gasteiger partial charge in [-0.25, -0.2) is 13.2 Å². The lowest BCUT2D eigenvalue weighted by Gasteiger charge is -2.12. The van der Waals surface area contributed by atoms with E-state index in [1.165, 1.54) is 29.9 Å². The summed E-state index contributed by atoms with van der Waals surface area (Å²) in [4.78, 5) is 23.5. The van der Waals surface area contributed by atoms with Crippen molar-refractivity contribution in [3.05, 3.63) is 42.2 Å². The van der Waals surface area contributed by atoms with Crippen LogP contribution in [0.25, 0.3) is 0 Å². The van der Waals surface area contributed by atoms with Crippen LogP contribution >= 0.6 is 0 Å². The number of amides is 3. The predicted octanol–water partition coefficient (Wildman–Crippen LogP) is 1.72. The van der Waals surface area contributed by atoms with Gasteiger partial charge in [0.2, 0.25) is 0 Å². The second-order valence-electron chi connectivity index (χ2n) is 6.19. The van der Waals surface area contributed by atoms with Gasteiger partial charge >= 0.3 is 6.03 Å². The molecular weight excluding hydrogens is 370 g/mol. The highest BCUT2D eigenvalue weighted by molar-refractivity contribution is 7.92. The van der Waals surface area contributed by atoms with Crippen molar-refractivity contribution in [2.24, 2.45) is 7.05 Å². The predicted molar refractivity (Wildman–Crippen MR) is 103 cm³/mol. The zero-order chi connectivity index (χ0) is 20.2. The van der Waals surface area contributed by atoms with E-state index in [9.17, 15) is 18.0 Å². The minimum absolute atomic E-state index is 0.0284. The van der Waals surface area contributed by atoms with Gasteiger partial charge in [-0.3, -0.25) is 9.52 Å². The quantitative estimate of drug-likeness (QED) is 0.597. The van der Waals surface area contributed by atoms with Gasteiger partial charge < -0.3 is 20.5 Å². The summed E-state index contributed by atoms with van der Waals surface area (Å²) < 4.78 is 29.1. The Morgan fingerprint density at radius 3 is 2.41 bits per heavy atom. The molecular formula is C17H23N5O4S. The maximum absolute atomic E-state index is 12.6. The van der Waals surface area contributed by atoms with Gasteiger partial charge in [0, 0.05) is 32.0 Å². The number of anilines is 2. The van der Waals surface area contributed by atoms with Crippen LogP contribution in [0.4, 0.5) is 16.2 Å². The van der Waals surface area contributed by atoms with E-state index in [2.05, 4.69) is 20.7 Å². The zero-order valence-electron chi connectivity index (χ0n) is 15.5. The molecule has 1 heterocycles. The highest BCUT2D eigenvalue weighted by Crippen LogP contribution is 2.21. The van der Waals surface area contributed by atoms with Gasteiger partial charge in [0.15, 0.2) is 0 Å². The molecule has 0 radical (unpaired) electrons. The molecule has 1 aromatic carbocycles. The smallest absolute Gasteiger partial charge is 0.319 e. The minimum Gasteiger partial charge on any atom is -0.354 e. The van der Waals surface area contributed by atoms with Crippen LogP contribution in [0, 0.1) is 0 Å². The summed E-state index contributed by atoms with van der Waals surface area (Å²) in [6, 6.07) is 7.20. The lowest BCUT2D eigenvalue weighted by molar-refractivity contribution is 0.0955. The fourth-order valence-electron chi connectivity index (χ4n) is 2.34. The molecule has 0 aliphatic heterocycles. The van der Waals surface area contributed by atoms with Crippen LogP contribution < -0.4 is 20.7 Å². The Kier molecular flexibility index (Phi) is 6.11. The second kappa shape index (κ2) is 8.12. The molecule has 2 rings (SSSR count). The summed E-state index contributed by atoms with van der Waals surface area (Å²) >= 11 is 0. The number of rotatable bonds is 6. The molecule has 0 aliphatic rings. The number of urea groups is 1. The van der Waals surface area contributed by atoms with Crippen LogP contribution in [0.5, 0.6) is 0 Å². The molecule has 0 fully saturated rings. The Bertz CT molecular complexity index is 950. The number of benzene rings is 1. The van der Waals surface area contributed by atoms with E-state index < -0.39 is 10.0 Å². The Morgan fingerprint density at radius 1 is 1.11 bits per heavy atom. The summed E-state index contributed by atoms with van der Waals surface area (Å²) in [6.45, 7) is 3.66. The molecule has 0 bridgehead atoms. The monoisotopic (exact) mass is 393 g/mol. The summed E-state index contributed by atoms with van der Waals surface area (Å²) in [6.07, 6.45) is 1.35. The average molecular weight is 393 g/mol. The van der Waals surface area contributed by atoms with Crippen molar-refractivity contribution in [3.63, 3.8) is 0 Å². The SMILES string of the molecule is CNC(=O)c1cc(S(=O)(=O)Nc2cccc(NC(=O)NC(C)C)c2)cn1C. The van der Waals surface area contributed by atoms with Gasteiger partial charge in [-0.1, -0.05) is 6.07 Å². The summed E-state index contributed by atoms with van der Waals surface area (Å²) in [7, 11) is -0.847. The van der Waals surface area contributed by atoms with Crippen molar-refractivity contribution in [1.29, 1.82) is 0 Å². The molecule has 0 unspecified atom stereocenters. The first-order valence-electron chi connectivity index (χ1n) is 8.21. The molecule has 27 heavy (non-hydrogen) atoms. The largest absolute Gasteiger partial charge is 0.354 e. The van der Waals surface area contributed by atoms with Crippen LogP contribution in [-0.4, -0.2) is 38.0 Å².